The summed E-state index contributed by atoms with van der Waals surface area (Å²) in [5.41, 5.74) is 4.49. The van der Waals surface area contributed by atoms with E-state index >= 15 is 0 Å². The second-order valence-corrected chi connectivity index (χ2v) is 7.10. The third-order valence-corrected chi connectivity index (χ3v) is 5.03. The summed E-state index contributed by atoms with van der Waals surface area (Å²) in [6.07, 6.45) is 3.52. The van der Waals surface area contributed by atoms with E-state index in [2.05, 4.69) is 10.3 Å². The fourth-order valence-electron chi connectivity index (χ4n) is 3.26. The number of carbonyl (C=O) groups excluding carboxylic acids is 1. The Hall–Kier alpha value is -2.89. The molecule has 1 aliphatic rings. The molecule has 1 aliphatic carbocycles. The van der Waals surface area contributed by atoms with Gasteiger partial charge in [-0.05, 0) is 51.3 Å². The van der Waals surface area contributed by atoms with Gasteiger partial charge >= 0.3 is 0 Å². The molecule has 1 amide bonds. The fourth-order valence-corrected chi connectivity index (χ4v) is 3.26. The standard InChI is InChI=1S/C20H22N4O2/c1-12-4-8-16(9-5-12)24-14(3)13(2)18-19(24)21-11-23(20(18)26)10-17(25)22-15-6-7-15/h4-5,8-9,11,15H,6-7,10H2,1-3H3,(H,22,25). The van der Waals surface area contributed by atoms with Crippen LogP contribution >= 0.6 is 0 Å². The fraction of sp³-hybridized carbons (Fsp3) is 0.350. The van der Waals surface area contributed by atoms with Crippen LogP contribution in [0.5, 0.6) is 0 Å². The minimum Gasteiger partial charge on any atom is -0.352 e. The molecule has 6 heteroatoms. The maximum Gasteiger partial charge on any atom is 0.263 e. The molecule has 0 spiro atoms. The largest absolute Gasteiger partial charge is 0.352 e. The maximum absolute atomic E-state index is 13.0. The Morgan fingerprint density at radius 2 is 1.88 bits per heavy atom. The number of nitrogens with one attached hydrogen (secondary N) is 1. The molecule has 26 heavy (non-hydrogen) atoms. The minimum atomic E-state index is -0.174. The van der Waals surface area contributed by atoms with Crippen LogP contribution in [0.4, 0.5) is 0 Å². The lowest BCUT2D eigenvalue weighted by atomic mass is 10.2. The Balaban J connectivity index is 1.80. The number of fused-ring (bicyclic) bond motifs is 1. The predicted octanol–water partition coefficient (Wildman–Crippen LogP) is 2.39. The van der Waals surface area contributed by atoms with Gasteiger partial charge in [0.25, 0.3) is 5.56 Å². The molecule has 1 N–H and O–H groups in total. The molecule has 0 atom stereocenters. The van der Waals surface area contributed by atoms with Crippen molar-refractivity contribution in [2.75, 3.05) is 0 Å². The first-order valence-corrected chi connectivity index (χ1v) is 8.89. The normalized spacial score (nSPS) is 14.0. The lowest BCUT2D eigenvalue weighted by Gasteiger charge is -2.09. The molecule has 0 aliphatic heterocycles. The van der Waals surface area contributed by atoms with Crippen molar-refractivity contribution < 1.29 is 4.79 Å². The van der Waals surface area contributed by atoms with Crippen molar-refractivity contribution >= 4 is 16.9 Å². The Bertz CT molecular complexity index is 1060. The highest BCUT2D eigenvalue weighted by Gasteiger charge is 2.24. The van der Waals surface area contributed by atoms with Crippen LogP contribution in [0.3, 0.4) is 0 Å². The summed E-state index contributed by atoms with van der Waals surface area (Å²) in [7, 11) is 0. The smallest absolute Gasteiger partial charge is 0.263 e. The van der Waals surface area contributed by atoms with E-state index in [1.54, 1.807) is 0 Å². The van der Waals surface area contributed by atoms with E-state index in [-0.39, 0.29) is 24.1 Å². The second-order valence-electron chi connectivity index (χ2n) is 7.10. The first kappa shape index (κ1) is 16.6. The summed E-state index contributed by atoms with van der Waals surface area (Å²) >= 11 is 0. The first-order chi connectivity index (χ1) is 12.5. The summed E-state index contributed by atoms with van der Waals surface area (Å²) in [4.78, 5) is 29.5. The number of carbonyl (C=O) groups is 1. The third-order valence-electron chi connectivity index (χ3n) is 5.03. The van der Waals surface area contributed by atoms with Crippen LogP contribution in [0.2, 0.25) is 0 Å². The van der Waals surface area contributed by atoms with Gasteiger partial charge in [0.2, 0.25) is 5.91 Å². The van der Waals surface area contributed by atoms with Gasteiger partial charge in [-0.25, -0.2) is 4.98 Å². The number of aromatic nitrogens is 3. The molecule has 0 bridgehead atoms. The van der Waals surface area contributed by atoms with E-state index < -0.39 is 0 Å². The van der Waals surface area contributed by atoms with Crippen molar-refractivity contribution in [3.8, 4) is 5.69 Å². The summed E-state index contributed by atoms with van der Waals surface area (Å²) in [6.45, 7) is 5.96. The van der Waals surface area contributed by atoms with Crippen LogP contribution in [-0.4, -0.2) is 26.1 Å². The Kier molecular flexibility index (Phi) is 3.90. The zero-order valence-electron chi connectivity index (χ0n) is 15.2. The van der Waals surface area contributed by atoms with Crippen LogP contribution in [0.1, 0.15) is 29.7 Å². The molecule has 0 unspecified atom stereocenters. The van der Waals surface area contributed by atoms with Gasteiger partial charge in [-0.15, -0.1) is 0 Å². The quantitative estimate of drug-likeness (QED) is 0.785. The SMILES string of the molecule is Cc1ccc(-n2c(C)c(C)c3c(=O)n(CC(=O)NC4CC4)cnc32)cc1. The molecule has 2 aromatic heterocycles. The number of rotatable bonds is 4. The van der Waals surface area contributed by atoms with Crippen LogP contribution in [0, 0.1) is 20.8 Å². The first-order valence-electron chi connectivity index (χ1n) is 8.89. The average Bonchev–Trinajstić information content (AvgIpc) is 3.38. The van der Waals surface area contributed by atoms with Gasteiger partial charge in [-0.3, -0.25) is 18.7 Å². The number of benzene rings is 1. The predicted molar refractivity (Wildman–Crippen MR) is 101 cm³/mol. The number of amides is 1. The maximum atomic E-state index is 13.0. The molecule has 2 heterocycles. The summed E-state index contributed by atoms with van der Waals surface area (Å²) in [6, 6.07) is 8.41. The number of hydrogen-bond donors (Lipinski definition) is 1. The lowest BCUT2D eigenvalue weighted by molar-refractivity contribution is -0.121. The Labute approximate surface area is 151 Å². The second kappa shape index (κ2) is 6.12. The van der Waals surface area contributed by atoms with E-state index in [1.807, 2.05) is 49.6 Å². The van der Waals surface area contributed by atoms with E-state index in [0.717, 1.165) is 29.8 Å². The Morgan fingerprint density at radius 3 is 2.54 bits per heavy atom. The van der Waals surface area contributed by atoms with Gasteiger partial charge < -0.3 is 5.32 Å². The molecule has 134 valence electrons. The molecular weight excluding hydrogens is 328 g/mol. The van der Waals surface area contributed by atoms with Crippen LogP contribution in [0.25, 0.3) is 16.7 Å². The van der Waals surface area contributed by atoms with Crippen molar-refractivity contribution in [3.05, 3.63) is 57.8 Å². The van der Waals surface area contributed by atoms with Crippen molar-refractivity contribution in [1.29, 1.82) is 0 Å². The van der Waals surface area contributed by atoms with Gasteiger partial charge in [0.1, 0.15) is 12.9 Å². The van der Waals surface area contributed by atoms with E-state index in [0.29, 0.717) is 11.0 Å². The van der Waals surface area contributed by atoms with Gasteiger partial charge in [0, 0.05) is 17.4 Å². The topological polar surface area (TPSA) is 68.9 Å². The van der Waals surface area contributed by atoms with Crippen molar-refractivity contribution in [2.45, 2.75) is 46.2 Å². The zero-order valence-corrected chi connectivity index (χ0v) is 15.2. The van der Waals surface area contributed by atoms with Crippen LogP contribution in [-0.2, 0) is 11.3 Å². The van der Waals surface area contributed by atoms with E-state index in [1.165, 1.54) is 16.5 Å². The van der Waals surface area contributed by atoms with Crippen molar-refractivity contribution in [2.24, 2.45) is 0 Å². The van der Waals surface area contributed by atoms with Crippen LogP contribution in [0.15, 0.2) is 35.4 Å². The molecule has 1 aromatic carbocycles. The molecule has 1 saturated carbocycles. The lowest BCUT2D eigenvalue weighted by Crippen LogP contribution is -2.33. The number of aryl methyl sites for hydroxylation is 2. The minimum absolute atomic E-state index is 0.00642. The molecule has 0 radical (unpaired) electrons. The number of hydrogen-bond acceptors (Lipinski definition) is 3. The van der Waals surface area contributed by atoms with E-state index in [4.69, 9.17) is 0 Å². The Morgan fingerprint density at radius 1 is 1.19 bits per heavy atom. The van der Waals surface area contributed by atoms with Crippen LogP contribution < -0.4 is 10.9 Å². The molecule has 6 nitrogen and oxygen atoms in total. The highest BCUT2D eigenvalue weighted by molar-refractivity contribution is 5.83. The summed E-state index contributed by atoms with van der Waals surface area (Å²) in [5, 5.41) is 3.48. The average molecular weight is 350 g/mol. The van der Waals surface area contributed by atoms with Gasteiger partial charge in [-0.1, -0.05) is 17.7 Å². The third kappa shape index (κ3) is 2.81. The monoisotopic (exact) mass is 350 g/mol. The molecule has 3 aromatic rings. The summed E-state index contributed by atoms with van der Waals surface area (Å²) in [5.74, 6) is -0.136. The van der Waals surface area contributed by atoms with Gasteiger partial charge in [0.15, 0.2) is 5.65 Å². The highest BCUT2D eigenvalue weighted by atomic mass is 16.2. The van der Waals surface area contributed by atoms with Gasteiger partial charge in [-0.2, -0.15) is 0 Å². The molecule has 4 rings (SSSR count). The molecule has 0 saturated heterocycles. The highest BCUT2D eigenvalue weighted by Crippen LogP contribution is 2.25. The van der Waals surface area contributed by atoms with Crippen molar-refractivity contribution in [1.82, 2.24) is 19.4 Å². The van der Waals surface area contributed by atoms with E-state index in [9.17, 15) is 9.59 Å². The van der Waals surface area contributed by atoms with Gasteiger partial charge in [0.05, 0.1) is 5.39 Å². The zero-order chi connectivity index (χ0) is 18.4. The summed E-state index contributed by atoms with van der Waals surface area (Å²) < 4.78 is 3.39. The number of nitrogens with zero attached hydrogens (tertiary/aromatic N) is 3. The molecular formula is C20H22N4O2. The van der Waals surface area contributed by atoms with Crippen molar-refractivity contribution in [3.63, 3.8) is 0 Å². The molecule has 1 fully saturated rings.